The minimum Gasteiger partial charge on any atom is -0.0845 e. The van der Waals surface area contributed by atoms with Gasteiger partial charge in [0, 0.05) is 11.3 Å². The Kier molecular flexibility index (Phi) is 10.1. The molecule has 0 radical (unpaired) electrons. The molecule has 4 aliphatic carbocycles. The van der Waals surface area contributed by atoms with Gasteiger partial charge >= 0.3 is 0 Å². The van der Waals surface area contributed by atoms with E-state index in [2.05, 4.69) is 177 Å². The van der Waals surface area contributed by atoms with E-state index < -0.39 is 0 Å². The Labute approximate surface area is 313 Å². The van der Waals surface area contributed by atoms with Crippen LogP contribution in [0.15, 0.2) is 160 Å². The van der Waals surface area contributed by atoms with Crippen LogP contribution in [0, 0.1) is 11.8 Å². The highest BCUT2D eigenvalue weighted by atomic mass is 14.4. The smallest absolute Gasteiger partial charge is 0.0121 e. The van der Waals surface area contributed by atoms with Crippen LogP contribution in [0.25, 0.3) is 27.5 Å². The Morgan fingerprint density at radius 1 is 0.885 bits per heavy atom. The predicted molar refractivity (Wildman–Crippen MR) is 228 cm³/mol. The second-order valence-corrected chi connectivity index (χ2v) is 15.8. The minimum atomic E-state index is 0.0300. The van der Waals surface area contributed by atoms with Crippen molar-refractivity contribution in [3.05, 3.63) is 183 Å². The second kappa shape index (κ2) is 14.7. The maximum atomic E-state index is 2.57. The third-order valence-corrected chi connectivity index (χ3v) is 12.0. The summed E-state index contributed by atoms with van der Waals surface area (Å²) in [4.78, 5) is 0. The number of rotatable bonds is 6. The van der Waals surface area contributed by atoms with E-state index in [9.17, 15) is 0 Å². The fourth-order valence-electron chi connectivity index (χ4n) is 9.29. The first kappa shape index (κ1) is 35.7. The fourth-order valence-corrected chi connectivity index (χ4v) is 9.29. The molecule has 0 N–H and O–H groups in total. The van der Waals surface area contributed by atoms with Crippen LogP contribution in [0.4, 0.5) is 0 Å². The monoisotopic (exact) mass is 680 g/mol. The van der Waals surface area contributed by atoms with E-state index in [1.807, 2.05) is 0 Å². The lowest BCUT2D eigenvalue weighted by Gasteiger charge is -2.27. The average Bonchev–Trinajstić information content (AvgIpc) is 3.40. The summed E-state index contributed by atoms with van der Waals surface area (Å²) in [6.45, 7) is 18.8. The first-order chi connectivity index (χ1) is 25.2. The quantitative estimate of drug-likeness (QED) is 0.243. The van der Waals surface area contributed by atoms with E-state index in [-0.39, 0.29) is 11.3 Å². The maximum Gasteiger partial charge on any atom is 0.0121 e. The van der Waals surface area contributed by atoms with Crippen LogP contribution >= 0.6 is 0 Å². The van der Waals surface area contributed by atoms with Crippen LogP contribution in [-0.4, -0.2) is 0 Å². The van der Waals surface area contributed by atoms with Crippen molar-refractivity contribution >= 4 is 27.5 Å². The number of benzene rings is 3. The highest BCUT2D eigenvalue weighted by Crippen LogP contribution is 2.51. The van der Waals surface area contributed by atoms with Crippen molar-refractivity contribution in [2.24, 2.45) is 11.8 Å². The van der Waals surface area contributed by atoms with Gasteiger partial charge in [0.15, 0.2) is 0 Å². The first-order valence-corrected chi connectivity index (χ1v) is 19.8. The molecular formula is C52H56. The van der Waals surface area contributed by atoms with Crippen molar-refractivity contribution in [3.63, 3.8) is 0 Å². The van der Waals surface area contributed by atoms with Crippen LogP contribution in [-0.2, 0) is 5.41 Å². The average molecular weight is 681 g/mol. The lowest BCUT2D eigenvalue weighted by Crippen LogP contribution is -2.18. The molecule has 0 fully saturated rings. The van der Waals surface area contributed by atoms with Crippen LogP contribution in [0.1, 0.15) is 110 Å². The van der Waals surface area contributed by atoms with Crippen molar-refractivity contribution in [2.75, 3.05) is 0 Å². The van der Waals surface area contributed by atoms with Gasteiger partial charge in [0.2, 0.25) is 0 Å². The Balaban J connectivity index is 1.50. The fraction of sp³-hybridized carbons (Fsp3) is 0.308. The highest BCUT2D eigenvalue weighted by Gasteiger charge is 2.37. The molecular weight excluding hydrogens is 625 g/mol. The third-order valence-electron chi connectivity index (χ3n) is 12.0. The van der Waals surface area contributed by atoms with Crippen molar-refractivity contribution in [1.29, 1.82) is 0 Å². The second-order valence-electron chi connectivity index (χ2n) is 15.8. The summed E-state index contributed by atoms with van der Waals surface area (Å²) in [6, 6.07) is 23.1. The molecule has 52 heavy (non-hydrogen) atoms. The Morgan fingerprint density at radius 3 is 2.46 bits per heavy atom. The van der Waals surface area contributed by atoms with Crippen molar-refractivity contribution < 1.29 is 0 Å². The lowest BCUT2D eigenvalue weighted by molar-refractivity contribution is 0.607. The molecule has 4 aliphatic rings. The van der Waals surface area contributed by atoms with Gasteiger partial charge in [-0.05, 0) is 141 Å². The van der Waals surface area contributed by atoms with E-state index in [0.717, 1.165) is 32.1 Å². The number of hydrogen-bond donors (Lipinski definition) is 0. The molecule has 2 atom stereocenters. The van der Waals surface area contributed by atoms with E-state index in [4.69, 9.17) is 0 Å². The molecule has 3 aromatic carbocycles. The Bertz CT molecular complexity index is 2230. The molecule has 0 saturated carbocycles. The lowest BCUT2D eigenvalue weighted by atomic mass is 9.77. The standard InChI is InChI=1S/C52H56/c1-9-12-19-37-26-27-40(30-34(37)4)51-36(6)32-47(39-28-29-45-44-23-15-16-25-49(44)52(7,8)50(45)33-39)35(5)31-48(41(11-3)46(51)18-10-2)43-24-17-21-38-20-13-14-22-42(38)43/h11-15,17-24,26-29,31-35H,9-10,16,25,30H2,1-8H3/b19-12-,41-11?,46-18+,47-32+,48-31?,51-36+. The summed E-state index contributed by atoms with van der Waals surface area (Å²) in [7, 11) is 0. The molecule has 0 heterocycles. The van der Waals surface area contributed by atoms with Crippen LogP contribution in [0.2, 0.25) is 0 Å². The van der Waals surface area contributed by atoms with Gasteiger partial charge in [0.05, 0.1) is 0 Å². The Hall–Kier alpha value is -4.68. The first-order valence-electron chi connectivity index (χ1n) is 19.8. The maximum absolute atomic E-state index is 2.57. The summed E-state index contributed by atoms with van der Waals surface area (Å²) in [5, 5.41) is 2.58. The van der Waals surface area contributed by atoms with Crippen molar-refractivity contribution in [3.8, 4) is 0 Å². The minimum absolute atomic E-state index is 0.0300. The van der Waals surface area contributed by atoms with E-state index in [1.54, 1.807) is 5.57 Å². The largest absolute Gasteiger partial charge is 0.0845 e. The molecule has 0 saturated heterocycles. The summed E-state index contributed by atoms with van der Waals surface area (Å²) in [6.07, 6.45) is 29.5. The van der Waals surface area contributed by atoms with Crippen LogP contribution in [0.5, 0.6) is 0 Å². The third kappa shape index (κ3) is 6.36. The van der Waals surface area contributed by atoms with Gasteiger partial charge in [-0.15, -0.1) is 0 Å². The summed E-state index contributed by atoms with van der Waals surface area (Å²) < 4.78 is 0. The summed E-state index contributed by atoms with van der Waals surface area (Å²) >= 11 is 0. The predicted octanol–water partition coefficient (Wildman–Crippen LogP) is 14.8. The van der Waals surface area contributed by atoms with E-state index >= 15 is 0 Å². The van der Waals surface area contributed by atoms with Gasteiger partial charge in [0.25, 0.3) is 0 Å². The van der Waals surface area contributed by atoms with Gasteiger partial charge in [-0.25, -0.2) is 0 Å². The van der Waals surface area contributed by atoms with Gasteiger partial charge in [-0.1, -0.05) is 162 Å². The van der Waals surface area contributed by atoms with Gasteiger partial charge in [-0.2, -0.15) is 0 Å². The zero-order valence-corrected chi connectivity index (χ0v) is 32.7. The zero-order chi connectivity index (χ0) is 36.6. The van der Waals surface area contributed by atoms with Gasteiger partial charge in [0.1, 0.15) is 0 Å². The molecule has 0 spiro atoms. The molecule has 2 unspecified atom stereocenters. The highest BCUT2D eigenvalue weighted by molar-refractivity contribution is 6.00. The molecule has 0 aliphatic heterocycles. The van der Waals surface area contributed by atoms with E-state index in [0.29, 0.717) is 5.92 Å². The van der Waals surface area contributed by atoms with Crippen LogP contribution < -0.4 is 0 Å². The zero-order valence-electron chi connectivity index (χ0n) is 32.7. The molecule has 7 rings (SSSR count). The number of hydrogen-bond acceptors (Lipinski definition) is 0. The topological polar surface area (TPSA) is 0 Å². The molecule has 0 nitrogen and oxygen atoms in total. The summed E-state index contributed by atoms with van der Waals surface area (Å²) in [5.74, 6) is 0.630. The molecule has 3 aromatic rings. The number of fused-ring (bicyclic) bond motifs is 3. The molecule has 0 aromatic heterocycles. The van der Waals surface area contributed by atoms with E-state index in [1.165, 1.54) is 83.2 Å². The van der Waals surface area contributed by atoms with Gasteiger partial charge in [-0.3, -0.25) is 0 Å². The SMILES string of the molecule is CC=C1C(c2cccc3ccccc23)=CC(C)\C(c2ccc3c(c2)C(C)(C)C2=C3C=CCC2)=C/C(C)=C(C2=CC=C(/C=C\CC)C(C)C2)/C1=C/CC. The molecule has 0 heteroatoms. The number of allylic oxidation sites excluding steroid dienone is 20. The van der Waals surface area contributed by atoms with Crippen molar-refractivity contribution in [1.82, 2.24) is 0 Å². The molecule has 264 valence electrons. The summed E-state index contributed by atoms with van der Waals surface area (Å²) in [5.41, 5.74) is 19.6. The Morgan fingerprint density at radius 2 is 1.69 bits per heavy atom. The van der Waals surface area contributed by atoms with Crippen molar-refractivity contribution in [2.45, 2.75) is 92.9 Å². The normalized spacial score (nSPS) is 25.7. The van der Waals surface area contributed by atoms with Crippen LogP contribution in [0.3, 0.4) is 0 Å². The molecule has 0 bridgehead atoms. The van der Waals surface area contributed by atoms with Gasteiger partial charge < -0.3 is 0 Å². The molecule has 0 amide bonds.